The summed E-state index contributed by atoms with van der Waals surface area (Å²) in [6, 6.07) is 8.08. The number of esters is 2. The number of pyridine rings is 1. The highest BCUT2D eigenvalue weighted by Crippen LogP contribution is 2.27. The summed E-state index contributed by atoms with van der Waals surface area (Å²) in [5.74, 6) is -2.94. The Kier molecular flexibility index (Phi) is 14.5. The number of rotatable bonds is 14. The maximum Gasteiger partial charge on any atom is 0.325 e. The van der Waals surface area contributed by atoms with Crippen LogP contribution in [0.5, 0.6) is 0 Å². The third kappa shape index (κ3) is 12.1. The summed E-state index contributed by atoms with van der Waals surface area (Å²) in [4.78, 5) is 70.2. The van der Waals surface area contributed by atoms with Gasteiger partial charge in [0.2, 0.25) is 15.6 Å². The van der Waals surface area contributed by atoms with Gasteiger partial charge in [-0.2, -0.15) is 5.10 Å². The second kappa shape index (κ2) is 18.4. The number of fused-ring (bicyclic) bond motifs is 1. The molecule has 17 heteroatoms. The van der Waals surface area contributed by atoms with E-state index in [1.54, 1.807) is 65.2 Å². The molecule has 3 aromatic rings. The zero-order chi connectivity index (χ0) is 39.8. The van der Waals surface area contributed by atoms with Crippen molar-refractivity contribution in [1.29, 1.82) is 0 Å². The van der Waals surface area contributed by atoms with Crippen LogP contribution in [0.25, 0.3) is 17.0 Å². The lowest BCUT2D eigenvalue weighted by Crippen LogP contribution is -2.62. The fourth-order valence-corrected chi connectivity index (χ4v) is 5.79. The van der Waals surface area contributed by atoms with Crippen molar-refractivity contribution in [2.45, 2.75) is 89.0 Å². The molecule has 0 bridgehead atoms. The Morgan fingerprint density at radius 3 is 2.44 bits per heavy atom. The number of benzene rings is 1. The standard InChI is InChI=1S/C37H46Cl3N7O7/c1-22(2)31(44-35(52)36(5,6)15-14-25-10-11-26-12-13-27(42-29(26)19-25)23(3)54-24(4)48)32(49)43-30(20-46-17-8-16-41-46)33(50)47-18-7-9-28(45-47)34(51)53-21-37(38,39)40/h8,10-17,19,22-23,28,30-31,45H,7,9,18,20-21H2,1-6H3,(H,43,49)(H,44,52)/b15-14+/t23-,28+,30+,31+/m1/s1. The zero-order valence-electron chi connectivity index (χ0n) is 31.0. The molecule has 0 radical (unpaired) electrons. The minimum atomic E-state index is -1.79. The Hall–Kier alpha value is -4.24. The summed E-state index contributed by atoms with van der Waals surface area (Å²) in [5, 5.41) is 12.0. The third-order valence-electron chi connectivity index (χ3n) is 8.67. The van der Waals surface area contributed by atoms with Gasteiger partial charge in [-0.05, 0) is 63.3 Å². The number of carbonyl (C=O) groups excluding carboxylic acids is 5. The van der Waals surface area contributed by atoms with Crippen molar-refractivity contribution in [2.75, 3.05) is 13.2 Å². The SMILES string of the molecule is CC(=O)O[C@H](C)c1ccc2ccc(/C=C/C(C)(C)C(=O)N[C@H](C(=O)N[C@@H](Cn3cccn3)C(=O)N3CCC[C@@H](C(=O)OCC(Cl)(Cl)Cl)N3)C(C)C)cc2n1. The Morgan fingerprint density at radius 1 is 1.07 bits per heavy atom. The van der Waals surface area contributed by atoms with E-state index < -0.39 is 69.7 Å². The largest absolute Gasteiger partial charge is 0.460 e. The van der Waals surface area contributed by atoms with Gasteiger partial charge in [-0.25, -0.2) is 10.4 Å². The van der Waals surface area contributed by atoms with Gasteiger partial charge < -0.3 is 20.1 Å². The molecule has 3 heterocycles. The van der Waals surface area contributed by atoms with Crippen LogP contribution in [0.1, 0.15) is 71.7 Å². The molecule has 0 unspecified atom stereocenters. The summed E-state index contributed by atoms with van der Waals surface area (Å²) in [6.45, 7) is 9.91. The average molecular weight is 807 g/mol. The van der Waals surface area contributed by atoms with E-state index in [0.29, 0.717) is 24.1 Å². The molecule has 4 rings (SSSR count). The molecular formula is C37H46Cl3N7O7. The number of amides is 3. The topological polar surface area (TPSA) is 174 Å². The molecule has 1 aliphatic heterocycles. The minimum absolute atomic E-state index is 0.0180. The van der Waals surface area contributed by atoms with Gasteiger partial charge in [0.1, 0.15) is 30.8 Å². The van der Waals surface area contributed by atoms with E-state index in [1.165, 1.54) is 16.6 Å². The predicted molar refractivity (Wildman–Crippen MR) is 205 cm³/mol. The number of halogens is 3. The van der Waals surface area contributed by atoms with Crippen LogP contribution in [0.2, 0.25) is 0 Å². The van der Waals surface area contributed by atoms with Gasteiger partial charge in [-0.3, -0.25) is 33.7 Å². The van der Waals surface area contributed by atoms with Crippen molar-refractivity contribution in [1.82, 2.24) is 35.8 Å². The van der Waals surface area contributed by atoms with Crippen molar-refractivity contribution in [2.24, 2.45) is 11.3 Å². The van der Waals surface area contributed by atoms with E-state index in [-0.39, 0.29) is 19.0 Å². The first-order chi connectivity index (χ1) is 25.3. The predicted octanol–water partition coefficient (Wildman–Crippen LogP) is 4.83. The molecule has 292 valence electrons. The Labute approximate surface area is 329 Å². The number of hydrazine groups is 1. The molecule has 1 saturated heterocycles. The lowest BCUT2D eigenvalue weighted by atomic mass is 9.89. The molecule has 54 heavy (non-hydrogen) atoms. The second-order valence-corrected chi connectivity index (χ2v) is 16.5. The summed E-state index contributed by atoms with van der Waals surface area (Å²) >= 11 is 17.1. The highest BCUT2D eigenvalue weighted by atomic mass is 35.6. The van der Waals surface area contributed by atoms with Crippen LogP contribution in [-0.4, -0.2) is 84.5 Å². The maximum absolute atomic E-state index is 13.9. The molecule has 3 amide bonds. The van der Waals surface area contributed by atoms with Gasteiger partial charge in [0.05, 0.1) is 23.2 Å². The van der Waals surface area contributed by atoms with E-state index in [2.05, 4.69) is 26.1 Å². The molecule has 0 aliphatic carbocycles. The summed E-state index contributed by atoms with van der Waals surface area (Å²) < 4.78 is 10.1. The van der Waals surface area contributed by atoms with Gasteiger partial charge in [0.25, 0.3) is 5.91 Å². The first kappa shape index (κ1) is 42.5. The molecule has 2 aromatic heterocycles. The molecular weight excluding hydrogens is 761 g/mol. The minimum Gasteiger partial charge on any atom is -0.460 e. The van der Waals surface area contributed by atoms with Crippen LogP contribution in [0.15, 0.2) is 54.9 Å². The Bertz CT molecular complexity index is 1850. The fourth-order valence-electron chi connectivity index (χ4n) is 5.63. The molecule has 1 aliphatic rings. The van der Waals surface area contributed by atoms with Crippen molar-refractivity contribution in [3.8, 4) is 0 Å². The van der Waals surface area contributed by atoms with Crippen LogP contribution in [-0.2, 0) is 40.0 Å². The molecule has 1 aromatic carbocycles. The van der Waals surface area contributed by atoms with E-state index in [0.717, 1.165) is 10.9 Å². The normalized spacial score (nSPS) is 16.9. The average Bonchev–Trinajstić information content (AvgIpc) is 3.63. The quantitative estimate of drug-likeness (QED) is 0.151. The van der Waals surface area contributed by atoms with Crippen LogP contribution in [0.3, 0.4) is 0 Å². The zero-order valence-corrected chi connectivity index (χ0v) is 33.2. The summed E-state index contributed by atoms with van der Waals surface area (Å²) in [7, 11) is 0. The first-order valence-electron chi connectivity index (χ1n) is 17.5. The number of carbonyl (C=O) groups is 5. The van der Waals surface area contributed by atoms with E-state index >= 15 is 0 Å². The van der Waals surface area contributed by atoms with Crippen molar-refractivity contribution >= 4 is 81.4 Å². The van der Waals surface area contributed by atoms with Gasteiger partial charge >= 0.3 is 11.9 Å². The molecule has 3 N–H and O–H groups in total. The van der Waals surface area contributed by atoms with Gasteiger partial charge in [-0.1, -0.05) is 79.0 Å². The van der Waals surface area contributed by atoms with Crippen LogP contribution >= 0.6 is 34.8 Å². The van der Waals surface area contributed by atoms with Crippen molar-refractivity contribution in [3.05, 3.63) is 66.1 Å². The van der Waals surface area contributed by atoms with Gasteiger partial charge in [0, 0.05) is 31.2 Å². The van der Waals surface area contributed by atoms with Crippen LogP contribution in [0, 0.1) is 11.3 Å². The number of nitrogens with zero attached hydrogens (tertiary/aromatic N) is 4. The molecule has 0 saturated carbocycles. The second-order valence-electron chi connectivity index (χ2n) is 14.0. The van der Waals surface area contributed by atoms with E-state index in [1.807, 2.05) is 30.3 Å². The number of hydrogen-bond acceptors (Lipinski definition) is 10. The highest BCUT2D eigenvalue weighted by Gasteiger charge is 2.37. The van der Waals surface area contributed by atoms with E-state index in [9.17, 15) is 24.0 Å². The van der Waals surface area contributed by atoms with Crippen molar-refractivity contribution < 1.29 is 33.4 Å². The number of nitrogens with one attached hydrogen (secondary N) is 3. The number of hydrogen-bond donors (Lipinski definition) is 3. The Balaban J connectivity index is 1.46. The number of ether oxygens (including phenoxy) is 2. The monoisotopic (exact) mass is 805 g/mol. The summed E-state index contributed by atoms with van der Waals surface area (Å²) in [6.07, 6.45) is 7.07. The van der Waals surface area contributed by atoms with Gasteiger partial charge in [-0.15, -0.1) is 0 Å². The third-order valence-corrected chi connectivity index (χ3v) is 9.00. The number of aromatic nitrogens is 3. The first-order valence-corrected chi connectivity index (χ1v) is 18.6. The molecule has 4 atom stereocenters. The molecule has 0 spiro atoms. The number of alkyl halides is 3. The van der Waals surface area contributed by atoms with Crippen molar-refractivity contribution in [3.63, 3.8) is 0 Å². The Morgan fingerprint density at radius 2 is 1.80 bits per heavy atom. The summed E-state index contributed by atoms with van der Waals surface area (Å²) in [5.41, 5.74) is 3.92. The maximum atomic E-state index is 13.9. The molecule has 1 fully saturated rings. The fraction of sp³-hybridized carbons (Fsp3) is 0.486. The lowest BCUT2D eigenvalue weighted by molar-refractivity contribution is -0.153. The molecule has 14 nitrogen and oxygen atoms in total. The van der Waals surface area contributed by atoms with Gasteiger partial charge in [0.15, 0.2) is 0 Å². The van der Waals surface area contributed by atoms with E-state index in [4.69, 9.17) is 44.3 Å². The smallest absolute Gasteiger partial charge is 0.325 e. The lowest BCUT2D eigenvalue weighted by Gasteiger charge is -2.35. The highest BCUT2D eigenvalue weighted by molar-refractivity contribution is 6.67. The van der Waals surface area contributed by atoms with Crippen LogP contribution in [0.4, 0.5) is 0 Å². The van der Waals surface area contributed by atoms with Crippen LogP contribution < -0.4 is 16.1 Å².